The topological polar surface area (TPSA) is 103 Å². The number of anilines is 3. The number of benzene rings is 19. The number of hydrogen-bond donors (Lipinski definition) is 0. The zero-order valence-electron chi connectivity index (χ0n) is 70.6. The van der Waals surface area contributed by atoms with Crippen LogP contribution in [-0.4, -0.2) is 26.9 Å². The summed E-state index contributed by atoms with van der Waals surface area (Å²) in [6.45, 7) is 0.372. The lowest BCUT2D eigenvalue weighted by Gasteiger charge is -2.34. The lowest BCUT2D eigenvalue weighted by atomic mass is 9.35. The van der Waals surface area contributed by atoms with Crippen molar-refractivity contribution < 1.29 is 46.7 Å². The average molecular weight is 1710 g/mol. The standard InChI is InChI=1S/C30H20BNO2.C30H17BO3.C30H17BO2S.C26H15BO3/c1-3-11-21(12-4-1)32(22-13-5-2-6-14-22)23-19-28-30-29(20-23)34-27-18-10-8-16-25(27)31(30)24-15-7-9-17-26(24)33-28;1-4-10-24-20(7-1)21-15-18(13-14-25(21)32-24)19-16-28-30-29(17-19)34-27-12-6-3-9-23(27)31(30)22-8-2-5-11-26(22)33-28;1-6-12-28-20(7-1)21-15-18(13-14-29(21)34-28)19-16-26-30-27(17-19)33-25-11-5-3-9-23(25)31(30)22-8-2-4-10-24(22)32-26;1-4-10-20-16(7-1)13-23(28-20)17-14-24-26-25(15-17)30-22-12-6-3-9-19(22)27(26)18-8-2-5-11-21(18)29-24/h1-20H;2*1-17H;1-15H. The van der Waals surface area contributed by atoms with Crippen molar-refractivity contribution in [2.75, 3.05) is 4.90 Å². The predicted molar refractivity (Wildman–Crippen MR) is 537 cm³/mol. The quantitative estimate of drug-likeness (QED) is 0.149. The largest absolute Gasteiger partial charge is 0.458 e. The van der Waals surface area contributed by atoms with Crippen LogP contribution in [-0.2, 0) is 0 Å². The van der Waals surface area contributed by atoms with Crippen LogP contribution in [0.25, 0.3) is 86.7 Å². The summed E-state index contributed by atoms with van der Waals surface area (Å²) in [4.78, 5) is 2.24. The number of para-hydroxylation sites is 12. The fourth-order valence-corrected chi connectivity index (χ4v) is 21.8. The van der Waals surface area contributed by atoms with Crippen LogP contribution in [0.4, 0.5) is 17.1 Å². The van der Waals surface area contributed by atoms with Gasteiger partial charge >= 0.3 is 0 Å². The highest BCUT2D eigenvalue weighted by Crippen LogP contribution is 2.48. The van der Waals surface area contributed by atoms with Crippen LogP contribution in [0.1, 0.15) is 0 Å². The number of rotatable bonds is 6. The van der Waals surface area contributed by atoms with Crippen molar-refractivity contribution in [2.24, 2.45) is 0 Å². The van der Waals surface area contributed by atoms with E-state index in [1.54, 1.807) is 0 Å². The van der Waals surface area contributed by atoms with Crippen LogP contribution >= 0.6 is 11.3 Å². The summed E-state index contributed by atoms with van der Waals surface area (Å²) in [7, 11) is 0. The summed E-state index contributed by atoms with van der Waals surface area (Å²) >= 11 is 1.84. The summed E-state index contributed by atoms with van der Waals surface area (Å²) in [5.74, 6) is 14.8. The predicted octanol–water partition coefficient (Wildman–Crippen LogP) is 23.1. The Labute approximate surface area is 764 Å². The monoisotopic (exact) mass is 1710 g/mol. The summed E-state index contributed by atoms with van der Waals surface area (Å²) in [6, 6.07) is 144. The number of nitrogens with zero attached hydrogens (tertiary/aromatic N) is 1. The lowest BCUT2D eigenvalue weighted by Crippen LogP contribution is -2.57. The van der Waals surface area contributed by atoms with E-state index in [-0.39, 0.29) is 26.9 Å². The van der Waals surface area contributed by atoms with E-state index >= 15 is 0 Å². The third-order valence-corrected chi connectivity index (χ3v) is 27.7. The van der Waals surface area contributed by atoms with E-state index in [2.05, 4.69) is 296 Å². The van der Waals surface area contributed by atoms with Crippen molar-refractivity contribution in [1.82, 2.24) is 0 Å². The van der Waals surface area contributed by atoms with Crippen molar-refractivity contribution in [3.05, 3.63) is 419 Å². The highest BCUT2D eigenvalue weighted by molar-refractivity contribution is 7.25. The van der Waals surface area contributed by atoms with Crippen LogP contribution in [0, 0.1) is 0 Å². The van der Waals surface area contributed by atoms with Crippen LogP contribution in [0.3, 0.4) is 0 Å². The molecule has 16 heteroatoms. The summed E-state index contributed by atoms with van der Waals surface area (Å²) in [6.07, 6.45) is 0. The normalized spacial score (nSPS) is 13.0. The van der Waals surface area contributed by atoms with Gasteiger partial charge in [-0.05, 0) is 224 Å². The van der Waals surface area contributed by atoms with Crippen molar-refractivity contribution in [3.8, 4) is 126 Å². The van der Waals surface area contributed by atoms with Gasteiger partial charge < -0.3 is 51.6 Å². The smallest absolute Gasteiger partial charge is 0.260 e. The van der Waals surface area contributed by atoms with Gasteiger partial charge in [-0.15, -0.1) is 11.3 Å². The van der Waals surface area contributed by atoms with Gasteiger partial charge in [0.1, 0.15) is 115 Å². The molecule has 0 aliphatic carbocycles. The van der Waals surface area contributed by atoms with Crippen molar-refractivity contribution in [3.63, 3.8) is 0 Å². The molecule has 19 aromatic carbocycles. The molecule has 8 aliphatic heterocycles. The lowest BCUT2D eigenvalue weighted by molar-refractivity contribution is 0.464. The minimum atomic E-state index is 0.0795. The van der Waals surface area contributed by atoms with Gasteiger partial charge in [0.25, 0.3) is 26.9 Å². The van der Waals surface area contributed by atoms with Crippen molar-refractivity contribution in [2.45, 2.75) is 0 Å². The first-order valence-electron chi connectivity index (χ1n) is 44.5. The Kier molecular flexibility index (Phi) is 17.4. The SMILES string of the molecule is c1ccc(N(c2ccccc2)c2cc3c4c(c2)Oc2ccccc2B4c2ccccc2O3)cc1.c1ccc2c(c1)Oc1cc(-c3cc4ccccc4o3)cc3c1B2c1ccccc1O3.c1ccc2c(c1)Oc1cc(-c3ccc4oc5ccccc5c4c3)cc3c1B2c1ccccc1O3.c1ccc2c(c1)Oc1cc(-c3ccc4sc5ccccc5c4c3)cc3c1B2c1ccccc1O3. The van der Waals surface area contributed by atoms with Gasteiger partial charge in [0.05, 0.1) is 5.69 Å². The number of furan rings is 2. The third kappa shape index (κ3) is 12.5. The number of fused-ring (bicyclic) bond motifs is 23. The maximum absolute atomic E-state index is 6.50. The Hall–Kier alpha value is -16.8. The molecule has 0 atom stereocenters. The highest BCUT2D eigenvalue weighted by Gasteiger charge is 2.46. The zero-order chi connectivity index (χ0) is 86.6. The van der Waals surface area contributed by atoms with Gasteiger partial charge in [-0.2, -0.15) is 0 Å². The molecule has 0 radical (unpaired) electrons. The second-order valence-corrected chi connectivity index (χ2v) is 35.2. The van der Waals surface area contributed by atoms with Gasteiger partial charge in [0.2, 0.25) is 0 Å². The second-order valence-electron chi connectivity index (χ2n) is 34.1. The first-order valence-corrected chi connectivity index (χ1v) is 45.3. The second kappa shape index (κ2) is 30.5. The minimum absolute atomic E-state index is 0.0795. The van der Waals surface area contributed by atoms with Crippen LogP contribution in [0.15, 0.2) is 427 Å². The van der Waals surface area contributed by atoms with Gasteiger partial charge in [-0.25, -0.2) is 0 Å². The van der Waals surface area contributed by atoms with Crippen molar-refractivity contribution in [1.29, 1.82) is 0 Å². The zero-order valence-corrected chi connectivity index (χ0v) is 71.4. The molecule has 616 valence electrons. The third-order valence-electron chi connectivity index (χ3n) is 26.6. The first kappa shape index (κ1) is 75.4. The summed E-state index contributed by atoms with van der Waals surface area (Å²) in [5, 5.41) is 5.90. The van der Waals surface area contributed by atoms with Gasteiger partial charge in [0.15, 0.2) is 0 Å². The molecule has 0 bridgehead atoms. The molecular weight excluding hydrogens is 1640 g/mol. The first-order chi connectivity index (χ1) is 65.4. The molecule has 3 aromatic heterocycles. The Bertz CT molecular complexity index is 7910. The molecule has 22 aromatic rings. The van der Waals surface area contributed by atoms with E-state index < -0.39 is 0 Å². The van der Waals surface area contributed by atoms with E-state index in [0.717, 1.165) is 197 Å². The molecule has 132 heavy (non-hydrogen) atoms. The number of thiophene rings is 1. The van der Waals surface area contributed by atoms with Crippen molar-refractivity contribution >= 4 is 174 Å². The molecule has 0 amide bonds. The Morgan fingerprint density at radius 1 is 0.182 bits per heavy atom. The van der Waals surface area contributed by atoms with Crippen LogP contribution in [0.5, 0.6) is 92.0 Å². The molecule has 0 fully saturated rings. The molecule has 0 unspecified atom stereocenters. The highest BCUT2D eigenvalue weighted by atomic mass is 32.1. The molecule has 11 heterocycles. The van der Waals surface area contributed by atoms with Crippen LogP contribution in [0.2, 0.25) is 0 Å². The fourth-order valence-electron chi connectivity index (χ4n) is 20.7. The minimum Gasteiger partial charge on any atom is -0.458 e. The average Bonchev–Trinajstić information content (AvgIpc) is 1.03. The maximum Gasteiger partial charge on any atom is 0.260 e. The molecule has 0 saturated heterocycles. The van der Waals surface area contributed by atoms with Gasteiger partial charge in [0, 0.05) is 87.3 Å². The molecule has 8 aliphatic rings. The Morgan fingerprint density at radius 2 is 0.485 bits per heavy atom. The van der Waals surface area contributed by atoms with E-state index in [1.807, 2.05) is 139 Å². The molecule has 30 rings (SSSR count). The molecule has 0 N–H and O–H groups in total. The molecular formula is C116H69B4NO10S. The summed E-state index contributed by atoms with van der Waals surface area (Å²) < 4.78 is 66.3. The van der Waals surface area contributed by atoms with Gasteiger partial charge in [-0.1, -0.05) is 249 Å². The number of hydrogen-bond acceptors (Lipinski definition) is 12. The van der Waals surface area contributed by atoms with E-state index in [1.165, 1.54) is 63.9 Å². The Morgan fingerprint density at radius 3 is 0.886 bits per heavy atom. The van der Waals surface area contributed by atoms with Crippen LogP contribution < -0.4 is 108 Å². The van der Waals surface area contributed by atoms with E-state index in [0.29, 0.717) is 0 Å². The fraction of sp³-hybridized carbons (Fsp3) is 0. The van der Waals surface area contributed by atoms with E-state index in [4.69, 9.17) is 46.7 Å². The van der Waals surface area contributed by atoms with E-state index in [9.17, 15) is 0 Å². The maximum atomic E-state index is 6.50. The van der Waals surface area contributed by atoms with Gasteiger partial charge in [-0.3, -0.25) is 0 Å². The Balaban J connectivity index is 0.0000000902. The number of ether oxygens (including phenoxy) is 8. The summed E-state index contributed by atoms with van der Waals surface area (Å²) in [5.41, 5.74) is 24.9. The molecule has 11 nitrogen and oxygen atoms in total. The molecule has 0 saturated carbocycles. The molecule has 0 spiro atoms.